The van der Waals surface area contributed by atoms with Crippen LogP contribution in [-0.4, -0.2) is 50.7 Å². The smallest absolute Gasteiger partial charge is 0.228 e. The highest BCUT2D eigenvalue weighted by Crippen LogP contribution is 2.28. The van der Waals surface area contributed by atoms with Crippen molar-refractivity contribution in [3.63, 3.8) is 0 Å². The first-order chi connectivity index (χ1) is 21.3. The van der Waals surface area contributed by atoms with E-state index in [4.69, 9.17) is 14.2 Å². The minimum atomic E-state index is -0.147. The average molecular weight is 594 g/mol. The number of aryl methyl sites for hydroxylation is 2. The van der Waals surface area contributed by atoms with Crippen LogP contribution in [-0.2, 0) is 24.2 Å². The molecular formula is C36H39N3O5. The number of pyridine rings is 1. The molecule has 0 bridgehead atoms. The number of nitrogens with zero attached hydrogens (tertiary/aromatic N) is 1. The molecule has 228 valence electrons. The first-order valence-corrected chi connectivity index (χ1v) is 14.7. The third kappa shape index (κ3) is 6.71. The van der Waals surface area contributed by atoms with E-state index in [2.05, 4.69) is 40.4 Å². The van der Waals surface area contributed by atoms with Gasteiger partial charge in [0.25, 0.3) is 0 Å². The van der Waals surface area contributed by atoms with Crippen molar-refractivity contribution in [2.45, 2.75) is 32.7 Å². The number of para-hydroxylation sites is 2. The molecule has 2 N–H and O–H groups in total. The first-order valence-electron chi connectivity index (χ1n) is 14.7. The zero-order valence-corrected chi connectivity index (χ0v) is 26.0. The number of aromatic nitrogens is 1. The van der Waals surface area contributed by atoms with Crippen molar-refractivity contribution in [3.05, 3.63) is 105 Å². The predicted molar refractivity (Wildman–Crippen MR) is 176 cm³/mol. The van der Waals surface area contributed by atoms with Gasteiger partial charge in [0.15, 0.2) is 16.9 Å². The number of ether oxygens (including phenoxy) is 3. The summed E-state index contributed by atoms with van der Waals surface area (Å²) >= 11 is 0. The third-order valence-electron chi connectivity index (χ3n) is 7.96. The Morgan fingerprint density at radius 3 is 2.25 bits per heavy atom. The molecule has 1 amide bonds. The summed E-state index contributed by atoms with van der Waals surface area (Å²) in [7, 11) is 6.98. The lowest BCUT2D eigenvalue weighted by Gasteiger charge is -2.18. The number of aromatic amines is 1. The average Bonchev–Trinajstić information content (AvgIpc) is 3.02. The molecule has 5 aromatic rings. The Morgan fingerprint density at radius 2 is 1.52 bits per heavy atom. The highest BCUT2D eigenvalue weighted by molar-refractivity contribution is 5.99. The molecule has 4 aromatic carbocycles. The van der Waals surface area contributed by atoms with Crippen LogP contribution in [0.3, 0.4) is 0 Å². The van der Waals surface area contributed by atoms with Gasteiger partial charge in [-0.15, -0.1) is 0 Å². The second-order valence-electron chi connectivity index (χ2n) is 11.1. The quantitative estimate of drug-likeness (QED) is 0.166. The van der Waals surface area contributed by atoms with Crippen molar-refractivity contribution in [1.29, 1.82) is 0 Å². The molecule has 0 radical (unpaired) electrons. The van der Waals surface area contributed by atoms with Gasteiger partial charge in [0, 0.05) is 23.0 Å². The van der Waals surface area contributed by atoms with Gasteiger partial charge in [0.1, 0.15) is 5.75 Å². The summed E-state index contributed by atoms with van der Waals surface area (Å²) in [5.74, 6) is 1.91. The standard InChI is InChI=1S/C36H39N3O5/c1-23-19-24(9-8-18-39(2)22-25-15-17-30(42-3)32(20-25)44-5)14-16-29(23)37-33(40)21-26-10-6-11-27-34(26)38-35-28(36(27)41)12-7-13-31(35)43-4/h6-7,10-17,19-20H,8-9,18,21-22H2,1-5H3,(H,37,40)(H,38,41). The van der Waals surface area contributed by atoms with Crippen LogP contribution in [0.15, 0.2) is 77.6 Å². The largest absolute Gasteiger partial charge is 0.495 e. The molecule has 5 rings (SSSR count). The Kier molecular flexibility index (Phi) is 9.50. The molecule has 0 fully saturated rings. The molecule has 1 aromatic heterocycles. The summed E-state index contributed by atoms with van der Waals surface area (Å²) in [4.78, 5) is 32.0. The van der Waals surface area contributed by atoms with Crippen molar-refractivity contribution in [1.82, 2.24) is 9.88 Å². The lowest BCUT2D eigenvalue weighted by atomic mass is 10.0. The number of benzene rings is 4. The maximum absolute atomic E-state index is 13.2. The van der Waals surface area contributed by atoms with Crippen molar-refractivity contribution in [2.24, 2.45) is 0 Å². The molecule has 0 spiro atoms. The maximum Gasteiger partial charge on any atom is 0.228 e. The van der Waals surface area contributed by atoms with E-state index in [-0.39, 0.29) is 17.8 Å². The van der Waals surface area contributed by atoms with Crippen LogP contribution in [0.25, 0.3) is 21.8 Å². The van der Waals surface area contributed by atoms with Crippen molar-refractivity contribution in [2.75, 3.05) is 40.2 Å². The molecule has 0 saturated carbocycles. The number of hydrogen-bond donors (Lipinski definition) is 2. The Balaban J connectivity index is 1.20. The Labute approximate surface area is 257 Å². The Morgan fingerprint density at radius 1 is 0.818 bits per heavy atom. The normalized spacial score (nSPS) is 11.2. The summed E-state index contributed by atoms with van der Waals surface area (Å²) in [5.41, 5.74) is 6.12. The van der Waals surface area contributed by atoms with Gasteiger partial charge in [-0.05, 0) is 92.0 Å². The molecule has 0 aliphatic carbocycles. The van der Waals surface area contributed by atoms with Crippen LogP contribution in [0.1, 0.15) is 28.7 Å². The monoisotopic (exact) mass is 593 g/mol. The number of hydrogen-bond acceptors (Lipinski definition) is 6. The van der Waals surface area contributed by atoms with Gasteiger partial charge in [-0.3, -0.25) is 9.59 Å². The van der Waals surface area contributed by atoms with Gasteiger partial charge >= 0.3 is 0 Å². The van der Waals surface area contributed by atoms with Crippen molar-refractivity contribution < 1.29 is 19.0 Å². The van der Waals surface area contributed by atoms with Crippen LogP contribution < -0.4 is 25.0 Å². The summed E-state index contributed by atoms with van der Waals surface area (Å²) in [6, 6.07) is 23.1. The Bertz CT molecular complexity index is 1860. The second kappa shape index (κ2) is 13.7. The number of rotatable bonds is 12. The van der Waals surface area contributed by atoms with E-state index in [1.54, 1.807) is 39.5 Å². The van der Waals surface area contributed by atoms with E-state index < -0.39 is 0 Å². The molecule has 44 heavy (non-hydrogen) atoms. The number of carbonyl (C=O) groups is 1. The first kappa shape index (κ1) is 30.6. The van der Waals surface area contributed by atoms with Crippen molar-refractivity contribution >= 4 is 33.4 Å². The second-order valence-corrected chi connectivity index (χ2v) is 11.1. The van der Waals surface area contributed by atoms with Gasteiger partial charge in [-0.25, -0.2) is 0 Å². The number of amides is 1. The van der Waals surface area contributed by atoms with Gasteiger partial charge in [-0.2, -0.15) is 0 Å². The summed E-state index contributed by atoms with van der Waals surface area (Å²) in [5, 5.41) is 4.16. The summed E-state index contributed by atoms with van der Waals surface area (Å²) < 4.78 is 16.2. The zero-order chi connectivity index (χ0) is 31.2. The van der Waals surface area contributed by atoms with Gasteiger partial charge < -0.3 is 29.4 Å². The molecule has 8 heteroatoms. The molecular weight excluding hydrogens is 554 g/mol. The molecule has 0 saturated heterocycles. The van der Waals surface area contributed by atoms with Crippen LogP contribution in [0.2, 0.25) is 0 Å². The molecule has 1 heterocycles. The highest BCUT2D eigenvalue weighted by atomic mass is 16.5. The SMILES string of the molecule is COc1ccc(CN(C)CCCc2ccc(NC(=O)Cc3cccc4c(=O)c5cccc(OC)c5[nH]c34)c(C)c2)cc1OC. The number of methoxy groups -OCH3 is 3. The van der Waals surface area contributed by atoms with E-state index >= 15 is 0 Å². The van der Waals surface area contributed by atoms with Gasteiger partial charge in [0.2, 0.25) is 5.91 Å². The predicted octanol–water partition coefficient (Wildman–Crippen LogP) is 6.26. The number of nitrogens with one attached hydrogen (secondary N) is 2. The van der Waals surface area contributed by atoms with Crippen LogP contribution >= 0.6 is 0 Å². The fourth-order valence-corrected chi connectivity index (χ4v) is 5.69. The zero-order valence-electron chi connectivity index (χ0n) is 26.0. The van der Waals surface area contributed by atoms with E-state index in [1.165, 1.54) is 11.1 Å². The van der Waals surface area contributed by atoms with E-state index in [9.17, 15) is 9.59 Å². The Hall–Kier alpha value is -4.82. The van der Waals surface area contributed by atoms with Gasteiger partial charge in [0.05, 0.1) is 38.8 Å². The number of fused-ring (bicyclic) bond motifs is 2. The fraction of sp³-hybridized carbons (Fsp3) is 0.278. The number of anilines is 1. The molecule has 0 atom stereocenters. The van der Waals surface area contributed by atoms with Crippen LogP contribution in [0.5, 0.6) is 17.2 Å². The lowest BCUT2D eigenvalue weighted by Crippen LogP contribution is -2.19. The highest BCUT2D eigenvalue weighted by Gasteiger charge is 2.14. The van der Waals surface area contributed by atoms with Crippen LogP contribution in [0.4, 0.5) is 5.69 Å². The molecule has 0 unspecified atom stereocenters. The lowest BCUT2D eigenvalue weighted by molar-refractivity contribution is -0.115. The maximum atomic E-state index is 13.2. The van der Waals surface area contributed by atoms with E-state index in [0.29, 0.717) is 27.6 Å². The number of carbonyl (C=O) groups excluding carboxylic acids is 1. The van der Waals surface area contributed by atoms with E-state index in [1.807, 2.05) is 43.3 Å². The fourth-order valence-electron chi connectivity index (χ4n) is 5.69. The number of H-pyrrole nitrogens is 1. The summed E-state index contributed by atoms with van der Waals surface area (Å²) in [6.45, 7) is 3.77. The topological polar surface area (TPSA) is 92.9 Å². The summed E-state index contributed by atoms with van der Waals surface area (Å²) in [6.07, 6.45) is 2.07. The molecule has 0 aliphatic rings. The van der Waals surface area contributed by atoms with Gasteiger partial charge in [-0.1, -0.05) is 36.4 Å². The molecule has 0 aliphatic heterocycles. The minimum absolute atomic E-state index is 0.0894. The van der Waals surface area contributed by atoms with Crippen LogP contribution in [0, 0.1) is 6.92 Å². The third-order valence-corrected chi connectivity index (χ3v) is 7.96. The van der Waals surface area contributed by atoms with E-state index in [0.717, 1.165) is 54.2 Å². The van der Waals surface area contributed by atoms with Crippen molar-refractivity contribution in [3.8, 4) is 17.2 Å². The molecule has 8 nitrogen and oxygen atoms in total. The minimum Gasteiger partial charge on any atom is -0.495 e.